The summed E-state index contributed by atoms with van der Waals surface area (Å²) in [6, 6.07) is 9.14. The lowest BCUT2D eigenvalue weighted by Crippen LogP contribution is -2.26. The maximum absolute atomic E-state index is 12.7. The summed E-state index contributed by atoms with van der Waals surface area (Å²) < 4.78 is 0. The third-order valence-corrected chi connectivity index (χ3v) is 4.85. The molecule has 1 aromatic heterocycles. The molecule has 0 unspecified atom stereocenters. The number of rotatable bonds is 9. The van der Waals surface area contributed by atoms with Crippen molar-refractivity contribution in [2.24, 2.45) is 5.92 Å². The van der Waals surface area contributed by atoms with Crippen molar-refractivity contribution in [1.29, 1.82) is 0 Å². The summed E-state index contributed by atoms with van der Waals surface area (Å²) in [6.07, 6.45) is 2.39. The first-order valence-corrected chi connectivity index (χ1v) is 10.3. The SMILES string of the molecule is CCN(CC)c1ccc(NC(=O)c2ccnc(C(=O)NCCC(C)C)c2)c(C)c1. The Morgan fingerprint density at radius 3 is 2.41 bits per heavy atom. The predicted molar refractivity (Wildman–Crippen MR) is 119 cm³/mol. The highest BCUT2D eigenvalue weighted by Gasteiger charge is 2.13. The molecule has 0 bridgehead atoms. The molecular weight excluding hydrogens is 364 g/mol. The van der Waals surface area contributed by atoms with E-state index >= 15 is 0 Å². The van der Waals surface area contributed by atoms with Crippen LogP contribution in [0.3, 0.4) is 0 Å². The molecule has 0 radical (unpaired) electrons. The molecule has 6 heteroatoms. The van der Waals surface area contributed by atoms with Gasteiger partial charge in [-0.25, -0.2) is 0 Å². The number of benzene rings is 1. The Bertz CT molecular complexity index is 845. The Labute approximate surface area is 173 Å². The van der Waals surface area contributed by atoms with E-state index in [0.29, 0.717) is 18.0 Å². The van der Waals surface area contributed by atoms with Gasteiger partial charge in [0.15, 0.2) is 0 Å². The summed E-state index contributed by atoms with van der Waals surface area (Å²) >= 11 is 0. The fourth-order valence-corrected chi connectivity index (χ4v) is 3.03. The van der Waals surface area contributed by atoms with Crippen molar-refractivity contribution in [3.05, 3.63) is 53.3 Å². The number of amides is 2. The van der Waals surface area contributed by atoms with Gasteiger partial charge in [-0.1, -0.05) is 13.8 Å². The number of carbonyl (C=O) groups is 2. The van der Waals surface area contributed by atoms with E-state index in [9.17, 15) is 9.59 Å². The third kappa shape index (κ3) is 6.31. The molecule has 6 nitrogen and oxygen atoms in total. The Balaban J connectivity index is 2.08. The molecule has 2 N–H and O–H groups in total. The van der Waals surface area contributed by atoms with Gasteiger partial charge in [0, 0.05) is 42.8 Å². The molecule has 156 valence electrons. The van der Waals surface area contributed by atoms with Gasteiger partial charge in [-0.3, -0.25) is 14.6 Å². The lowest BCUT2D eigenvalue weighted by molar-refractivity contribution is 0.0947. The van der Waals surface area contributed by atoms with Crippen molar-refractivity contribution >= 4 is 23.2 Å². The number of hydrogen-bond donors (Lipinski definition) is 2. The van der Waals surface area contributed by atoms with E-state index in [1.54, 1.807) is 6.07 Å². The number of aromatic nitrogens is 1. The highest BCUT2D eigenvalue weighted by molar-refractivity contribution is 6.06. The van der Waals surface area contributed by atoms with Gasteiger partial charge < -0.3 is 15.5 Å². The number of pyridine rings is 1. The van der Waals surface area contributed by atoms with Crippen molar-refractivity contribution in [3.8, 4) is 0 Å². The molecule has 29 heavy (non-hydrogen) atoms. The molecule has 1 heterocycles. The predicted octanol–water partition coefficient (Wildman–Crippen LogP) is 4.26. The first-order valence-electron chi connectivity index (χ1n) is 10.3. The van der Waals surface area contributed by atoms with Crippen molar-refractivity contribution < 1.29 is 9.59 Å². The first kappa shape index (κ1) is 22.4. The number of aryl methyl sites for hydroxylation is 1. The standard InChI is InChI=1S/C23H32N4O2/c1-6-27(7-2)19-8-9-20(17(5)14-19)26-22(28)18-11-13-24-21(15-18)23(29)25-12-10-16(3)4/h8-9,11,13-16H,6-7,10,12H2,1-5H3,(H,25,29)(H,26,28). The van der Waals surface area contributed by atoms with E-state index in [-0.39, 0.29) is 17.5 Å². The lowest BCUT2D eigenvalue weighted by atomic mass is 10.1. The van der Waals surface area contributed by atoms with Crippen LogP contribution in [0.25, 0.3) is 0 Å². The van der Waals surface area contributed by atoms with Gasteiger partial charge in [-0.2, -0.15) is 0 Å². The summed E-state index contributed by atoms with van der Waals surface area (Å²) in [7, 11) is 0. The van der Waals surface area contributed by atoms with Crippen LogP contribution in [0, 0.1) is 12.8 Å². The second-order valence-electron chi connectivity index (χ2n) is 7.49. The Morgan fingerprint density at radius 2 is 1.79 bits per heavy atom. The molecule has 0 aliphatic rings. The van der Waals surface area contributed by atoms with Gasteiger partial charge in [0.2, 0.25) is 0 Å². The molecule has 0 aliphatic heterocycles. The minimum atomic E-state index is -0.264. The number of hydrogen-bond acceptors (Lipinski definition) is 4. The molecule has 2 amide bonds. The van der Waals surface area contributed by atoms with Crippen molar-refractivity contribution in [2.45, 2.75) is 41.0 Å². The van der Waals surface area contributed by atoms with Crippen molar-refractivity contribution in [1.82, 2.24) is 10.3 Å². The summed E-state index contributed by atoms with van der Waals surface area (Å²) in [6.45, 7) is 12.9. The van der Waals surface area contributed by atoms with Crippen LogP contribution in [0.15, 0.2) is 36.5 Å². The minimum absolute atomic E-state index is 0.245. The zero-order chi connectivity index (χ0) is 21.4. The van der Waals surface area contributed by atoms with Gasteiger partial charge in [0.25, 0.3) is 11.8 Å². The molecule has 0 saturated heterocycles. The van der Waals surface area contributed by atoms with Crippen LogP contribution in [-0.4, -0.2) is 36.4 Å². The number of nitrogens with zero attached hydrogens (tertiary/aromatic N) is 2. The van der Waals surface area contributed by atoms with Gasteiger partial charge in [0.05, 0.1) is 0 Å². The van der Waals surface area contributed by atoms with E-state index in [1.807, 2.05) is 19.1 Å². The van der Waals surface area contributed by atoms with Crippen molar-refractivity contribution in [2.75, 3.05) is 29.9 Å². The lowest BCUT2D eigenvalue weighted by Gasteiger charge is -2.22. The number of nitrogens with one attached hydrogen (secondary N) is 2. The fraction of sp³-hybridized carbons (Fsp3) is 0.435. The molecule has 1 aromatic carbocycles. The Morgan fingerprint density at radius 1 is 1.07 bits per heavy atom. The molecule has 0 spiro atoms. The molecule has 0 aliphatic carbocycles. The van der Waals surface area contributed by atoms with Crippen LogP contribution >= 0.6 is 0 Å². The van der Waals surface area contributed by atoms with Gasteiger partial charge in [-0.15, -0.1) is 0 Å². The maximum Gasteiger partial charge on any atom is 0.269 e. The highest BCUT2D eigenvalue weighted by Crippen LogP contribution is 2.23. The van der Waals surface area contributed by atoms with Gasteiger partial charge in [-0.05, 0) is 69.0 Å². The van der Waals surface area contributed by atoms with E-state index < -0.39 is 0 Å². The maximum atomic E-state index is 12.7. The fourth-order valence-electron chi connectivity index (χ4n) is 3.03. The molecule has 2 rings (SSSR count). The van der Waals surface area contributed by atoms with E-state index in [4.69, 9.17) is 0 Å². The average molecular weight is 397 g/mol. The van der Waals surface area contributed by atoms with Crippen LogP contribution in [0.2, 0.25) is 0 Å². The summed E-state index contributed by atoms with van der Waals surface area (Å²) in [5.41, 5.74) is 3.53. The van der Waals surface area contributed by atoms with Crippen LogP contribution in [0.4, 0.5) is 11.4 Å². The molecule has 0 atom stereocenters. The smallest absolute Gasteiger partial charge is 0.269 e. The van der Waals surface area contributed by atoms with Crippen LogP contribution < -0.4 is 15.5 Å². The molecule has 0 saturated carbocycles. The Hall–Kier alpha value is -2.89. The zero-order valence-electron chi connectivity index (χ0n) is 18.1. The topological polar surface area (TPSA) is 74.3 Å². The second kappa shape index (κ2) is 10.6. The Kier molecular flexibility index (Phi) is 8.19. The third-order valence-electron chi connectivity index (χ3n) is 4.85. The van der Waals surface area contributed by atoms with Crippen LogP contribution in [-0.2, 0) is 0 Å². The summed E-state index contributed by atoms with van der Waals surface area (Å²) in [5.74, 6) is -0.0147. The van der Waals surface area contributed by atoms with Crippen molar-refractivity contribution in [3.63, 3.8) is 0 Å². The van der Waals surface area contributed by atoms with Gasteiger partial charge in [0.1, 0.15) is 5.69 Å². The van der Waals surface area contributed by atoms with Gasteiger partial charge >= 0.3 is 0 Å². The van der Waals surface area contributed by atoms with E-state index in [0.717, 1.165) is 36.4 Å². The monoisotopic (exact) mass is 396 g/mol. The van der Waals surface area contributed by atoms with Crippen LogP contribution in [0.5, 0.6) is 0 Å². The second-order valence-corrected chi connectivity index (χ2v) is 7.49. The molecule has 2 aromatic rings. The largest absolute Gasteiger partial charge is 0.372 e. The minimum Gasteiger partial charge on any atom is -0.372 e. The number of carbonyl (C=O) groups excluding carboxylic acids is 2. The summed E-state index contributed by atoms with van der Waals surface area (Å²) in [5, 5.41) is 5.78. The first-order chi connectivity index (χ1) is 13.8. The van der Waals surface area contributed by atoms with E-state index in [2.05, 4.69) is 54.3 Å². The molecular formula is C23H32N4O2. The normalized spacial score (nSPS) is 10.7. The average Bonchev–Trinajstić information content (AvgIpc) is 2.70. The quantitative estimate of drug-likeness (QED) is 0.664. The highest BCUT2D eigenvalue weighted by atomic mass is 16.2. The van der Waals surface area contributed by atoms with Crippen LogP contribution in [0.1, 0.15) is 60.5 Å². The van der Waals surface area contributed by atoms with E-state index in [1.165, 1.54) is 12.3 Å². The zero-order valence-corrected chi connectivity index (χ0v) is 18.1. The summed E-state index contributed by atoms with van der Waals surface area (Å²) in [4.78, 5) is 31.3. The number of anilines is 2. The molecule has 0 fully saturated rings.